The Morgan fingerprint density at radius 1 is 1.07 bits per heavy atom. The summed E-state index contributed by atoms with van der Waals surface area (Å²) in [6, 6.07) is 0. The number of hydrogen-bond donors (Lipinski definition) is 1. The summed E-state index contributed by atoms with van der Waals surface area (Å²) in [5, 5.41) is 9.55. The van der Waals surface area contributed by atoms with Crippen molar-refractivity contribution in [3.05, 3.63) is 0 Å². The van der Waals surface area contributed by atoms with Crippen LogP contribution in [0.15, 0.2) is 0 Å². The number of alkyl halides is 5. The highest BCUT2D eigenvalue weighted by atomic mass is 19.4. The Bertz CT molecular complexity index is 631. The average Bonchev–Trinajstić information content (AvgIpc) is 2.75. The number of halogens is 5. The van der Waals surface area contributed by atoms with E-state index in [1.165, 1.54) is 0 Å². The van der Waals surface area contributed by atoms with E-state index in [4.69, 9.17) is 4.74 Å². The first-order chi connectivity index (χ1) is 12.7. The van der Waals surface area contributed by atoms with E-state index in [1.54, 1.807) is 20.8 Å². The van der Waals surface area contributed by atoms with Crippen LogP contribution in [0.1, 0.15) is 74.7 Å². The minimum atomic E-state index is -5.77. The third-order valence-electron chi connectivity index (χ3n) is 6.97. The molecule has 0 aromatic rings. The second-order valence-corrected chi connectivity index (χ2v) is 9.89. The highest BCUT2D eigenvalue weighted by Gasteiger charge is 2.83. The van der Waals surface area contributed by atoms with E-state index in [0.717, 1.165) is 0 Å². The molecule has 0 radical (unpaired) electrons. The van der Waals surface area contributed by atoms with Gasteiger partial charge in [-0.05, 0) is 37.5 Å². The summed E-state index contributed by atoms with van der Waals surface area (Å²) in [5.74, 6) is -10.7. The van der Waals surface area contributed by atoms with E-state index < -0.39 is 46.9 Å². The maximum Gasteiger partial charge on any atom is 0.449 e. The van der Waals surface area contributed by atoms with Crippen LogP contribution < -0.4 is 0 Å². The lowest BCUT2D eigenvalue weighted by atomic mass is 9.58. The second-order valence-electron chi connectivity index (χ2n) is 9.89. The Kier molecular flexibility index (Phi) is 6.58. The van der Waals surface area contributed by atoms with Crippen LogP contribution >= 0.6 is 0 Å². The predicted octanol–water partition coefficient (Wildman–Crippen LogP) is 5.47. The van der Waals surface area contributed by atoms with Crippen LogP contribution in [0.5, 0.6) is 0 Å². The van der Waals surface area contributed by atoms with Crippen molar-refractivity contribution in [1.29, 1.82) is 0 Å². The van der Waals surface area contributed by atoms with E-state index in [1.807, 2.05) is 27.7 Å². The zero-order chi connectivity index (χ0) is 23.3. The number of ether oxygens (including phenoxy) is 2. The molecule has 0 aromatic carbocycles. The van der Waals surface area contributed by atoms with Gasteiger partial charge in [0, 0.05) is 0 Å². The zero-order valence-electron chi connectivity index (χ0n) is 18.4. The molecular formula is C20H33F5O4. The van der Waals surface area contributed by atoms with Crippen molar-refractivity contribution in [2.75, 3.05) is 6.61 Å². The third kappa shape index (κ3) is 4.01. The minimum Gasteiger partial charge on any atom is -0.450 e. The van der Waals surface area contributed by atoms with Gasteiger partial charge in [-0.2, -0.15) is 22.0 Å². The molecule has 0 spiro atoms. The van der Waals surface area contributed by atoms with Crippen LogP contribution in [-0.4, -0.2) is 41.2 Å². The summed E-state index contributed by atoms with van der Waals surface area (Å²) in [5.41, 5.74) is -5.28. The Balaban J connectivity index is 3.37. The quantitative estimate of drug-likeness (QED) is 0.428. The van der Waals surface area contributed by atoms with E-state index >= 15 is 0 Å². The number of hydrogen-bond acceptors (Lipinski definition) is 4. The lowest BCUT2D eigenvalue weighted by Crippen LogP contribution is -2.64. The van der Waals surface area contributed by atoms with Gasteiger partial charge in [0.1, 0.15) is 0 Å². The maximum atomic E-state index is 14.7. The molecule has 3 unspecified atom stereocenters. The number of carbonyl (C=O) groups is 1. The molecule has 1 heterocycles. The molecule has 1 saturated heterocycles. The summed E-state index contributed by atoms with van der Waals surface area (Å²) in [7, 11) is 0. The molecule has 0 bridgehead atoms. The lowest BCUT2D eigenvalue weighted by molar-refractivity contribution is -0.409. The van der Waals surface area contributed by atoms with Gasteiger partial charge in [0.25, 0.3) is 0 Å². The van der Waals surface area contributed by atoms with Crippen LogP contribution in [0.4, 0.5) is 22.0 Å². The van der Waals surface area contributed by atoms with Crippen molar-refractivity contribution >= 4 is 5.97 Å². The van der Waals surface area contributed by atoms with E-state index in [0.29, 0.717) is 19.8 Å². The van der Waals surface area contributed by atoms with E-state index in [-0.39, 0.29) is 11.8 Å². The molecule has 172 valence electrons. The van der Waals surface area contributed by atoms with Crippen LogP contribution in [0, 0.1) is 16.2 Å². The predicted molar refractivity (Wildman–Crippen MR) is 97.3 cm³/mol. The van der Waals surface area contributed by atoms with Crippen molar-refractivity contribution in [2.45, 2.75) is 98.1 Å². The molecule has 0 saturated carbocycles. The summed E-state index contributed by atoms with van der Waals surface area (Å²) in [4.78, 5) is 13.2. The van der Waals surface area contributed by atoms with Crippen molar-refractivity contribution in [2.24, 2.45) is 16.2 Å². The largest absolute Gasteiger partial charge is 0.450 e. The summed E-state index contributed by atoms with van der Waals surface area (Å²) >= 11 is 0. The van der Waals surface area contributed by atoms with Crippen molar-refractivity contribution in [1.82, 2.24) is 0 Å². The van der Waals surface area contributed by atoms with Gasteiger partial charge in [-0.3, -0.25) is 4.79 Å². The van der Waals surface area contributed by atoms with Crippen LogP contribution in [-0.2, 0) is 14.3 Å². The third-order valence-corrected chi connectivity index (χ3v) is 6.97. The van der Waals surface area contributed by atoms with Gasteiger partial charge in [-0.25, -0.2) is 0 Å². The summed E-state index contributed by atoms with van der Waals surface area (Å²) in [6.45, 7) is 12.1. The zero-order valence-corrected chi connectivity index (χ0v) is 18.4. The first kappa shape index (κ1) is 26.1. The van der Waals surface area contributed by atoms with Crippen molar-refractivity contribution in [3.8, 4) is 0 Å². The average molecular weight is 432 g/mol. The molecule has 0 amide bonds. The number of esters is 1. The Hall–Kier alpha value is -0.960. The molecule has 1 aliphatic heterocycles. The Labute approximate surface area is 169 Å². The number of carbonyl (C=O) groups excluding carboxylic acids is 1. The fourth-order valence-electron chi connectivity index (χ4n) is 3.51. The van der Waals surface area contributed by atoms with Gasteiger partial charge < -0.3 is 14.6 Å². The highest BCUT2D eigenvalue weighted by molar-refractivity contribution is 5.78. The lowest BCUT2D eigenvalue weighted by Gasteiger charge is -2.47. The number of aliphatic hydroxyl groups is 1. The van der Waals surface area contributed by atoms with Gasteiger partial charge >= 0.3 is 23.9 Å². The van der Waals surface area contributed by atoms with Crippen molar-refractivity contribution < 1.29 is 41.3 Å². The topological polar surface area (TPSA) is 55.8 Å². The smallest absolute Gasteiger partial charge is 0.449 e. The molecule has 0 aromatic heterocycles. The van der Waals surface area contributed by atoms with Gasteiger partial charge in [0.2, 0.25) is 5.60 Å². The molecule has 1 fully saturated rings. The van der Waals surface area contributed by atoms with Crippen LogP contribution in [0.25, 0.3) is 0 Å². The fourth-order valence-corrected chi connectivity index (χ4v) is 3.51. The molecule has 3 atom stereocenters. The summed E-state index contributed by atoms with van der Waals surface area (Å²) in [6.07, 6.45) is -4.28. The Morgan fingerprint density at radius 2 is 1.55 bits per heavy atom. The molecule has 29 heavy (non-hydrogen) atoms. The normalized spacial score (nSPS) is 30.1. The maximum absolute atomic E-state index is 14.7. The molecule has 4 nitrogen and oxygen atoms in total. The van der Waals surface area contributed by atoms with E-state index in [9.17, 15) is 31.9 Å². The number of rotatable bonds is 7. The van der Waals surface area contributed by atoms with Crippen molar-refractivity contribution in [3.63, 3.8) is 0 Å². The summed E-state index contributed by atoms with van der Waals surface area (Å²) < 4.78 is 77.8. The fraction of sp³-hybridized carbons (Fsp3) is 0.950. The molecule has 1 aliphatic rings. The first-order valence-corrected chi connectivity index (χ1v) is 9.71. The van der Waals surface area contributed by atoms with Gasteiger partial charge in [-0.15, -0.1) is 0 Å². The minimum absolute atomic E-state index is 0.280. The Morgan fingerprint density at radius 3 is 1.90 bits per heavy atom. The van der Waals surface area contributed by atoms with Gasteiger partial charge in [-0.1, -0.05) is 48.0 Å². The van der Waals surface area contributed by atoms with Gasteiger partial charge in [0.15, 0.2) is 0 Å². The first-order valence-electron chi connectivity index (χ1n) is 9.71. The second kappa shape index (κ2) is 7.32. The van der Waals surface area contributed by atoms with Crippen LogP contribution in [0.3, 0.4) is 0 Å². The molecular weight excluding hydrogens is 399 g/mol. The highest BCUT2D eigenvalue weighted by Crippen LogP contribution is 2.56. The molecule has 9 heteroatoms. The van der Waals surface area contributed by atoms with E-state index in [2.05, 4.69) is 4.74 Å². The monoisotopic (exact) mass is 432 g/mol. The SMILES string of the molecule is CCC(C)(C)CC(C)(C(=O)OC1(C)COC(O)(C(F)(F)F)C1(F)F)C(C)(C)CC. The molecule has 0 aliphatic carbocycles. The standard InChI is InChI=1S/C20H33F5O4/c1-9-14(3,4)11-16(7,15(5,6)10-2)13(26)29-17(8)12-28-19(27,18(17,21)22)20(23,24)25/h27H,9-12H2,1-8H3. The molecule has 1 rings (SSSR count). The van der Waals surface area contributed by atoms with Gasteiger partial charge in [0.05, 0.1) is 12.0 Å². The van der Waals surface area contributed by atoms with Crippen LogP contribution in [0.2, 0.25) is 0 Å². The molecule has 1 N–H and O–H groups in total.